The van der Waals surface area contributed by atoms with Gasteiger partial charge in [0.25, 0.3) is 10.0 Å². The van der Waals surface area contributed by atoms with Gasteiger partial charge in [-0.15, -0.1) is 0 Å². The molecule has 4 N–H and O–H groups in total. The van der Waals surface area contributed by atoms with Gasteiger partial charge in [-0.2, -0.15) is 0 Å². The standard InChI is InChI=1S/C17H18N4O6S/c1-10-3-2-4-13(5-10)28(26,27)21-9-12(20-17(24)25)6-14-15(21)7-11(8-18-14)19-16(22)23/h2-5,7-8,12,19-20H,6,9H2,1H3,(H,22,23)(H,24,25). The maximum Gasteiger partial charge on any atom is 0.409 e. The summed E-state index contributed by atoms with van der Waals surface area (Å²) in [7, 11) is -4.03. The number of sulfonamides is 1. The molecular weight excluding hydrogens is 388 g/mol. The minimum Gasteiger partial charge on any atom is -0.465 e. The molecule has 10 nitrogen and oxygen atoms in total. The van der Waals surface area contributed by atoms with Crippen LogP contribution in [0, 0.1) is 6.92 Å². The molecule has 28 heavy (non-hydrogen) atoms. The quantitative estimate of drug-likeness (QED) is 0.605. The van der Waals surface area contributed by atoms with E-state index < -0.39 is 28.3 Å². The van der Waals surface area contributed by atoms with Crippen molar-refractivity contribution < 1.29 is 28.2 Å². The molecule has 0 saturated carbocycles. The molecule has 1 aliphatic heterocycles. The smallest absolute Gasteiger partial charge is 0.409 e. The fourth-order valence-corrected chi connectivity index (χ4v) is 4.68. The van der Waals surface area contributed by atoms with Gasteiger partial charge in [0.15, 0.2) is 0 Å². The highest BCUT2D eigenvalue weighted by molar-refractivity contribution is 7.92. The van der Waals surface area contributed by atoms with Gasteiger partial charge in [0.2, 0.25) is 0 Å². The van der Waals surface area contributed by atoms with Crippen molar-refractivity contribution in [3.05, 3.63) is 47.8 Å². The molecule has 2 aromatic rings. The first kappa shape index (κ1) is 19.4. The normalized spacial score (nSPS) is 16.2. The van der Waals surface area contributed by atoms with E-state index >= 15 is 0 Å². The largest absolute Gasteiger partial charge is 0.465 e. The Morgan fingerprint density at radius 2 is 1.96 bits per heavy atom. The summed E-state index contributed by atoms with van der Waals surface area (Å²) in [5.41, 5.74) is 1.41. The van der Waals surface area contributed by atoms with Gasteiger partial charge in [0, 0.05) is 6.42 Å². The van der Waals surface area contributed by atoms with Crippen LogP contribution in [0.1, 0.15) is 11.3 Å². The number of aryl methyl sites for hydroxylation is 1. The summed E-state index contributed by atoms with van der Waals surface area (Å²) in [4.78, 5) is 26.1. The molecule has 1 atom stereocenters. The number of nitrogens with zero attached hydrogens (tertiary/aromatic N) is 2. The van der Waals surface area contributed by atoms with E-state index in [-0.39, 0.29) is 29.2 Å². The summed E-state index contributed by atoms with van der Waals surface area (Å²) in [6.07, 6.45) is -1.15. The lowest BCUT2D eigenvalue weighted by Gasteiger charge is -2.34. The van der Waals surface area contributed by atoms with E-state index in [1.165, 1.54) is 24.4 Å². The number of amides is 2. The Kier molecular flexibility index (Phi) is 5.10. The second kappa shape index (κ2) is 7.35. The number of aromatic nitrogens is 1. The summed E-state index contributed by atoms with van der Waals surface area (Å²) >= 11 is 0. The number of hydrogen-bond acceptors (Lipinski definition) is 5. The minimum atomic E-state index is -4.03. The molecule has 1 aliphatic rings. The van der Waals surface area contributed by atoms with E-state index in [4.69, 9.17) is 10.2 Å². The molecule has 148 valence electrons. The zero-order valence-electron chi connectivity index (χ0n) is 14.8. The van der Waals surface area contributed by atoms with Crippen molar-refractivity contribution in [2.75, 3.05) is 16.2 Å². The molecule has 0 aliphatic carbocycles. The van der Waals surface area contributed by atoms with E-state index in [0.717, 1.165) is 9.87 Å². The molecule has 3 rings (SSSR count). The third-order valence-corrected chi connectivity index (χ3v) is 5.97. The SMILES string of the molecule is Cc1cccc(S(=O)(=O)N2CC(NC(=O)O)Cc3ncc(NC(=O)O)cc32)c1. The summed E-state index contributed by atoms with van der Waals surface area (Å²) in [6.45, 7) is 1.61. The highest BCUT2D eigenvalue weighted by atomic mass is 32.2. The van der Waals surface area contributed by atoms with Crippen LogP contribution in [0.2, 0.25) is 0 Å². The van der Waals surface area contributed by atoms with Crippen molar-refractivity contribution in [3.63, 3.8) is 0 Å². The Morgan fingerprint density at radius 3 is 2.61 bits per heavy atom. The Labute approximate surface area is 160 Å². The van der Waals surface area contributed by atoms with Crippen LogP contribution >= 0.6 is 0 Å². The van der Waals surface area contributed by atoms with Crippen LogP contribution in [-0.2, 0) is 16.4 Å². The van der Waals surface area contributed by atoms with Crippen LogP contribution in [0.4, 0.5) is 21.0 Å². The monoisotopic (exact) mass is 406 g/mol. The molecular formula is C17H18N4O6S. The van der Waals surface area contributed by atoms with E-state index in [0.29, 0.717) is 5.69 Å². The molecule has 0 saturated heterocycles. The van der Waals surface area contributed by atoms with E-state index in [1.54, 1.807) is 19.1 Å². The lowest BCUT2D eigenvalue weighted by Crippen LogP contribution is -2.50. The Morgan fingerprint density at radius 1 is 1.21 bits per heavy atom. The Balaban J connectivity index is 2.09. The first-order chi connectivity index (χ1) is 13.2. The number of carbonyl (C=O) groups is 2. The first-order valence-corrected chi connectivity index (χ1v) is 9.68. The highest BCUT2D eigenvalue weighted by Gasteiger charge is 2.35. The number of benzene rings is 1. The van der Waals surface area contributed by atoms with Gasteiger partial charge in [-0.3, -0.25) is 14.6 Å². The molecule has 1 unspecified atom stereocenters. The van der Waals surface area contributed by atoms with Gasteiger partial charge in [0.1, 0.15) is 0 Å². The van der Waals surface area contributed by atoms with Crippen molar-refractivity contribution in [2.45, 2.75) is 24.3 Å². The predicted molar refractivity (Wildman–Crippen MR) is 100 cm³/mol. The molecule has 11 heteroatoms. The van der Waals surface area contributed by atoms with Crippen molar-refractivity contribution >= 4 is 33.6 Å². The molecule has 1 aromatic heterocycles. The Hall–Kier alpha value is -3.34. The zero-order valence-corrected chi connectivity index (χ0v) is 15.6. The fraction of sp³-hybridized carbons (Fsp3) is 0.235. The summed E-state index contributed by atoms with van der Waals surface area (Å²) in [5, 5.41) is 22.4. The van der Waals surface area contributed by atoms with Gasteiger partial charge in [-0.25, -0.2) is 18.0 Å². The lowest BCUT2D eigenvalue weighted by molar-refractivity contribution is 0.189. The number of fused-ring (bicyclic) bond motifs is 1. The van der Waals surface area contributed by atoms with Crippen LogP contribution in [0.25, 0.3) is 0 Å². The van der Waals surface area contributed by atoms with Gasteiger partial charge < -0.3 is 15.5 Å². The topological polar surface area (TPSA) is 149 Å². The average Bonchev–Trinajstić information content (AvgIpc) is 2.60. The number of hydrogen-bond donors (Lipinski definition) is 4. The highest BCUT2D eigenvalue weighted by Crippen LogP contribution is 2.33. The summed E-state index contributed by atoms with van der Waals surface area (Å²) in [6, 6.07) is 7.00. The van der Waals surface area contributed by atoms with Gasteiger partial charge in [-0.05, 0) is 30.7 Å². The third-order valence-electron chi connectivity index (χ3n) is 4.20. The molecule has 0 fully saturated rings. The average molecular weight is 406 g/mol. The predicted octanol–water partition coefficient (Wildman–Crippen LogP) is 1.87. The Bertz CT molecular complexity index is 1040. The fourth-order valence-electron chi connectivity index (χ4n) is 3.04. The number of rotatable bonds is 4. The maximum absolute atomic E-state index is 13.3. The lowest BCUT2D eigenvalue weighted by atomic mass is 10.0. The maximum atomic E-state index is 13.3. The molecule has 2 amide bonds. The molecule has 2 heterocycles. The zero-order chi connectivity index (χ0) is 20.5. The molecule has 0 bridgehead atoms. The van der Waals surface area contributed by atoms with Crippen molar-refractivity contribution in [3.8, 4) is 0 Å². The van der Waals surface area contributed by atoms with Crippen molar-refractivity contribution in [1.82, 2.24) is 10.3 Å². The number of anilines is 2. The number of carboxylic acid groups (broad SMARTS) is 2. The first-order valence-electron chi connectivity index (χ1n) is 8.24. The van der Waals surface area contributed by atoms with E-state index in [9.17, 15) is 18.0 Å². The molecule has 0 spiro atoms. The minimum absolute atomic E-state index is 0.0472. The summed E-state index contributed by atoms with van der Waals surface area (Å²) in [5.74, 6) is 0. The van der Waals surface area contributed by atoms with Crippen LogP contribution in [-0.4, -0.2) is 48.4 Å². The van der Waals surface area contributed by atoms with Crippen molar-refractivity contribution in [2.24, 2.45) is 0 Å². The van der Waals surface area contributed by atoms with Crippen LogP contribution in [0.5, 0.6) is 0 Å². The van der Waals surface area contributed by atoms with Gasteiger partial charge in [-0.1, -0.05) is 12.1 Å². The van der Waals surface area contributed by atoms with Crippen molar-refractivity contribution in [1.29, 1.82) is 0 Å². The van der Waals surface area contributed by atoms with Gasteiger partial charge in [0.05, 0.1) is 40.7 Å². The second-order valence-electron chi connectivity index (χ2n) is 6.32. The van der Waals surface area contributed by atoms with Crippen LogP contribution in [0.15, 0.2) is 41.4 Å². The van der Waals surface area contributed by atoms with Crippen LogP contribution < -0.4 is 14.9 Å². The number of pyridine rings is 1. The van der Waals surface area contributed by atoms with E-state index in [1.807, 2.05) is 0 Å². The van der Waals surface area contributed by atoms with Crippen LogP contribution in [0.3, 0.4) is 0 Å². The third kappa shape index (κ3) is 3.98. The van der Waals surface area contributed by atoms with Gasteiger partial charge >= 0.3 is 12.2 Å². The second-order valence-corrected chi connectivity index (χ2v) is 8.19. The molecule has 1 aromatic carbocycles. The number of nitrogens with one attached hydrogen (secondary N) is 2. The molecule has 0 radical (unpaired) electrons. The summed E-state index contributed by atoms with van der Waals surface area (Å²) < 4.78 is 27.6. The van der Waals surface area contributed by atoms with E-state index in [2.05, 4.69) is 15.6 Å².